The van der Waals surface area contributed by atoms with Gasteiger partial charge in [0, 0.05) is 12.2 Å². The maximum Gasteiger partial charge on any atom is 0.354 e. The van der Waals surface area contributed by atoms with E-state index in [0.29, 0.717) is 5.56 Å². The van der Waals surface area contributed by atoms with E-state index in [0.717, 1.165) is 0 Å². The van der Waals surface area contributed by atoms with E-state index in [1.807, 2.05) is 0 Å². The van der Waals surface area contributed by atoms with Gasteiger partial charge in [0.05, 0.1) is 0 Å². The van der Waals surface area contributed by atoms with Crippen molar-refractivity contribution in [1.29, 1.82) is 0 Å². The first-order valence-corrected chi connectivity index (χ1v) is 3.72. The summed E-state index contributed by atoms with van der Waals surface area (Å²) in [4.78, 5) is 14.2. The molecule has 4 heteroatoms. The van der Waals surface area contributed by atoms with E-state index in [-0.39, 0.29) is 11.7 Å². The standard InChI is InChI=1S/C9H10N2O2/c1-2-7(10)6-3-4-11-8(5-6)9(12)13/h2-5,7H,1,10H2,(H,12,13). The molecular weight excluding hydrogens is 168 g/mol. The number of carboxylic acid groups (broad SMARTS) is 1. The molecule has 0 spiro atoms. The summed E-state index contributed by atoms with van der Waals surface area (Å²) in [6, 6.07) is 2.76. The highest BCUT2D eigenvalue weighted by Gasteiger charge is 2.07. The van der Waals surface area contributed by atoms with Crippen LogP contribution in [0.25, 0.3) is 0 Å². The fraction of sp³-hybridized carbons (Fsp3) is 0.111. The molecular formula is C9H10N2O2. The number of nitrogens with two attached hydrogens (primary N) is 1. The van der Waals surface area contributed by atoms with Crippen molar-refractivity contribution < 1.29 is 9.90 Å². The third-order valence-corrected chi connectivity index (χ3v) is 1.64. The predicted molar refractivity (Wildman–Crippen MR) is 48.3 cm³/mol. The highest BCUT2D eigenvalue weighted by atomic mass is 16.4. The number of carbonyl (C=O) groups is 1. The van der Waals surface area contributed by atoms with E-state index < -0.39 is 5.97 Å². The minimum Gasteiger partial charge on any atom is -0.477 e. The zero-order chi connectivity index (χ0) is 9.84. The van der Waals surface area contributed by atoms with Gasteiger partial charge >= 0.3 is 5.97 Å². The van der Waals surface area contributed by atoms with E-state index in [2.05, 4.69) is 11.6 Å². The van der Waals surface area contributed by atoms with Gasteiger partial charge < -0.3 is 10.8 Å². The fourth-order valence-electron chi connectivity index (χ4n) is 0.907. The number of hydrogen-bond acceptors (Lipinski definition) is 3. The number of nitrogens with zero attached hydrogens (tertiary/aromatic N) is 1. The van der Waals surface area contributed by atoms with E-state index in [9.17, 15) is 4.79 Å². The molecule has 0 aromatic carbocycles. The second kappa shape index (κ2) is 3.82. The molecule has 0 radical (unpaired) electrons. The maximum atomic E-state index is 10.5. The van der Waals surface area contributed by atoms with Crippen LogP contribution in [0.3, 0.4) is 0 Å². The zero-order valence-corrected chi connectivity index (χ0v) is 6.97. The van der Waals surface area contributed by atoms with Crippen LogP contribution in [-0.4, -0.2) is 16.1 Å². The maximum absolute atomic E-state index is 10.5. The van der Waals surface area contributed by atoms with E-state index in [4.69, 9.17) is 10.8 Å². The summed E-state index contributed by atoms with van der Waals surface area (Å²) in [6.07, 6.45) is 2.96. The van der Waals surface area contributed by atoms with Crippen molar-refractivity contribution >= 4 is 5.97 Å². The Morgan fingerprint density at radius 3 is 3.00 bits per heavy atom. The van der Waals surface area contributed by atoms with Crippen LogP contribution in [0.1, 0.15) is 22.1 Å². The molecule has 13 heavy (non-hydrogen) atoms. The van der Waals surface area contributed by atoms with Crippen LogP contribution in [-0.2, 0) is 0 Å². The Labute approximate surface area is 75.7 Å². The van der Waals surface area contributed by atoms with Gasteiger partial charge in [0.1, 0.15) is 5.69 Å². The Bertz CT molecular complexity index is 336. The van der Waals surface area contributed by atoms with Crippen LogP contribution >= 0.6 is 0 Å². The van der Waals surface area contributed by atoms with Crippen LogP contribution in [0.4, 0.5) is 0 Å². The van der Waals surface area contributed by atoms with E-state index in [1.165, 1.54) is 12.3 Å². The van der Waals surface area contributed by atoms with Crippen molar-refractivity contribution in [1.82, 2.24) is 4.98 Å². The highest BCUT2D eigenvalue weighted by Crippen LogP contribution is 2.10. The van der Waals surface area contributed by atoms with Crippen molar-refractivity contribution in [2.45, 2.75) is 6.04 Å². The average Bonchev–Trinajstić information content (AvgIpc) is 2.17. The zero-order valence-electron chi connectivity index (χ0n) is 6.97. The lowest BCUT2D eigenvalue weighted by atomic mass is 10.1. The summed E-state index contributed by atoms with van der Waals surface area (Å²) >= 11 is 0. The van der Waals surface area contributed by atoms with Gasteiger partial charge in [-0.05, 0) is 17.7 Å². The summed E-state index contributed by atoms with van der Waals surface area (Å²) in [7, 11) is 0. The fourth-order valence-corrected chi connectivity index (χ4v) is 0.907. The molecule has 0 aliphatic rings. The minimum absolute atomic E-state index is 0.00481. The third kappa shape index (κ3) is 2.13. The van der Waals surface area contributed by atoms with E-state index >= 15 is 0 Å². The molecule has 0 bridgehead atoms. The van der Waals surface area contributed by atoms with Crippen LogP contribution < -0.4 is 5.73 Å². The molecule has 68 valence electrons. The SMILES string of the molecule is C=CC(N)c1ccnc(C(=O)O)c1. The number of aromatic carboxylic acids is 1. The van der Waals surface area contributed by atoms with Gasteiger partial charge in [0.15, 0.2) is 0 Å². The quantitative estimate of drug-likeness (QED) is 0.676. The van der Waals surface area contributed by atoms with Crippen LogP contribution in [0.5, 0.6) is 0 Å². The van der Waals surface area contributed by atoms with Crippen molar-refractivity contribution in [3.8, 4) is 0 Å². The number of aromatic nitrogens is 1. The molecule has 1 rings (SSSR count). The van der Waals surface area contributed by atoms with Crippen molar-refractivity contribution in [3.05, 3.63) is 42.2 Å². The van der Waals surface area contributed by atoms with E-state index in [1.54, 1.807) is 12.1 Å². The molecule has 3 N–H and O–H groups in total. The van der Waals surface area contributed by atoms with Gasteiger partial charge in [0.2, 0.25) is 0 Å². The van der Waals surface area contributed by atoms with Crippen LogP contribution in [0.2, 0.25) is 0 Å². The van der Waals surface area contributed by atoms with Crippen LogP contribution in [0.15, 0.2) is 31.0 Å². The Kier molecular flexibility index (Phi) is 2.76. The summed E-state index contributed by atoms with van der Waals surface area (Å²) < 4.78 is 0. The first-order valence-electron chi connectivity index (χ1n) is 3.72. The highest BCUT2D eigenvalue weighted by molar-refractivity contribution is 5.85. The van der Waals surface area contributed by atoms with Crippen molar-refractivity contribution in [3.63, 3.8) is 0 Å². The summed E-state index contributed by atoms with van der Waals surface area (Å²) in [6.45, 7) is 3.52. The van der Waals surface area contributed by atoms with Gasteiger partial charge in [0.25, 0.3) is 0 Å². The molecule has 0 saturated carbocycles. The summed E-state index contributed by atoms with van der Waals surface area (Å²) in [5.74, 6) is -1.06. The van der Waals surface area contributed by atoms with Gasteiger partial charge in [-0.25, -0.2) is 9.78 Å². The lowest BCUT2D eigenvalue weighted by Crippen LogP contribution is -2.09. The molecule has 1 aromatic heterocycles. The Hall–Kier alpha value is -1.68. The molecule has 0 fully saturated rings. The topological polar surface area (TPSA) is 76.2 Å². The van der Waals surface area contributed by atoms with Crippen molar-refractivity contribution in [2.75, 3.05) is 0 Å². The first-order chi connectivity index (χ1) is 6.15. The van der Waals surface area contributed by atoms with Crippen LogP contribution in [0, 0.1) is 0 Å². The second-order valence-corrected chi connectivity index (χ2v) is 2.54. The molecule has 0 saturated heterocycles. The lowest BCUT2D eigenvalue weighted by molar-refractivity contribution is 0.0690. The Balaban J connectivity index is 3.04. The Morgan fingerprint density at radius 2 is 2.46 bits per heavy atom. The van der Waals surface area contributed by atoms with Gasteiger partial charge in [-0.2, -0.15) is 0 Å². The van der Waals surface area contributed by atoms with Crippen molar-refractivity contribution in [2.24, 2.45) is 5.73 Å². The molecule has 0 aliphatic carbocycles. The molecule has 0 amide bonds. The monoisotopic (exact) mass is 178 g/mol. The largest absolute Gasteiger partial charge is 0.477 e. The summed E-state index contributed by atoms with van der Waals surface area (Å²) in [5, 5.41) is 8.63. The summed E-state index contributed by atoms with van der Waals surface area (Å²) in [5.41, 5.74) is 6.32. The number of pyridine rings is 1. The molecule has 1 aromatic rings. The lowest BCUT2D eigenvalue weighted by Gasteiger charge is -2.05. The molecule has 1 unspecified atom stereocenters. The smallest absolute Gasteiger partial charge is 0.354 e. The van der Waals surface area contributed by atoms with Gasteiger partial charge in [-0.3, -0.25) is 0 Å². The second-order valence-electron chi connectivity index (χ2n) is 2.54. The molecule has 1 heterocycles. The number of carboxylic acids is 1. The normalized spacial score (nSPS) is 12.1. The Morgan fingerprint density at radius 1 is 1.77 bits per heavy atom. The molecule has 0 aliphatic heterocycles. The molecule has 1 atom stereocenters. The third-order valence-electron chi connectivity index (χ3n) is 1.64. The average molecular weight is 178 g/mol. The number of rotatable bonds is 3. The first kappa shape index (κ1) is 9.41. The minimum atomic E-state index is -1.06. The van der Waals surface area contributed by atoms with Gasteiger partial charge in [-0.15, -0.1) is 6.58 Å². The number of hydrogen-bond donors (Lipinski definition) is 2. The predicted octanol–water partition coefficient (Wildman–Crippen LogP) is 0.966. The van der Waals surface area contributed by atoms with Gasteiger partial charge in [-0.1, -0.05) is 6.08 Å². The molecule has 4 nitrogen and oxygen atoms in total.